The number of hydrogen-bond acceptors (Lipinski definition) is 4. The van der Waals surface area contributed by atoms with Crippen molar-refractivity contribution in [1.82, 2.24) is 9.47 Å². The Hall–Kier alpha value is -2.72. The number of thiophene rings is 1. The Morgan fingerprint density at radius 2 is 1.97 bits per heavy atom. The Labute approximate surface area is 171 Å². The molecule has 1 aromatic carbocycles. The minimum absolute atomic E-state index is 0.0648. The summed E-state index contributed by atoms with van der Waals surface area (Å²) in [5.41, 5.74) is -2.56. The van der Waals surface area contributed by atoms with Crippen LogP contribution in [0.4, 0.5) is 17.6 Å². The molecule has 1 amide bonds. The van der Waals surface area contributed by atoms with Gasteiger partial charge in [0.15, 0.2) is 0 Å². The molecule has 0 bridgehead atoms. The van der Waals surface area contributed by atoms with Crippen molar-refractivity contribution in [2.45, 2.75) is 25.2 Å². The molecule has 0 spiro atoms. The molecule has 3 heterocycles. The largest absolute Gasteiger partial charge is 0.419 e. The van der Waals surface area contributed by atoms with E-state index in [4.69, 9.17) is 0 Å². The molecule has 3 aromatic rings. The average molecular weight is 440 g/mol. The first-order valence-corrected chi connectivity index (χ1v) is 9.82. The average Bonchev–Trinajstić information content (AvgIpc) is 3.06. The summed E-state index contributed by atoms with van der Waals surface area (Å²) in [4.78, 5) is 26.7. The molecule has 10 heteroatoms. The van der Waals surface area contributed by atoms with Gasteiger partial charge in [0.1, 0.15) is 12.4 Å². The van der Waals surface area contributed by atoms with Crippen LogP contribution in [0.1, 0.15) is 12.5 Å². The number of hydrogen-bond donors (Lipinski definition) is 1. The molecule has 0 unspecified atom stereocenters. The first-order chi connectivity index (χ1) is 14.0. The van der Waals surface area contributed by atoms with E-state index < -0.39 is 28.7 Å². The number of alkyl halides is 3. The summed E-state index contributed by atoms with van der Waals surface area (Å²) in [6.45, 7) is 1.69. The molecular formula is C20H16F4N2O3S. The number of nitrogens with zero attached hydrogens (tertiary/aromatic N) is 2. The number of β-amino-alcohol motifs (C(OH)–C–C–N with tert-alkyl or cyclic N) is 1. The van der Waals surface area contributed by atoms with E-state index in [1.807, 2.05) is 0 Å². The van der Waals surface area contributed by atoms with Crippen LogP contribution in [0.2, 0.25) is 0 Å². The van der Waals surface area contributed by atoms with Crippen LogP contribution in [0.5, 0.6) is 0 Å². The van der Waals surface area contributed by atoms with Gasteiger partial charge >= 0.3 is 6.18 Å². The van der Waals surface area contributed by atoms with Crippen LogP contribution in [0.25, 0.3) is 21.2 Å². The van der Waals surface area contributed by atoms with Gasteiger partial charge in [0, 0.05) is 21.8 Å². The first kappa shape index (κ1) is 20.5. The van der Waals surface area contributed by atoms with Crippen LogP contribution < -0.4 is 5.56 Å². The van der Waals surface area contributed by atoms with Gasteiger partial charge in [-0.15, -0.1) is 11.3 Å². The standard InChI is InChI=1S/C20H16F4N2O3S/c1-19(29)9-26(10-19)16(27)7-25-5-4-15-17(18(25)28)12(8-30-15)11-2-3-14(21)13(6-11)20(22,23)24/h2-6,8,29H,7,9-10H2,1H3. The maximum atomic E-state index is 13.6. The molecule has 0 saturated carbocycles. The summed E-state index contributed by atoms with van der Waals surface area (Å²) in [5, 5.41) is 11.5. The van der Waals surface area contributed by atoms with Gasteiger partial charge in [-0.25, -0.2) is 4.39 Å². The molecule has 0 atom stereocenters. The molecular weight excluding hydrogens is 424 g/mol. The van der Waals surface area contributed by atoms with Crippen molar-refractivity contribution in [2.24, 2.45) is 0 Å². The van der Waals surface area contributed by atoms with E-state index >= 15 is 0 Å². The van der Waals surface area contributed by atoms with Gasteiger partial charge < -0.3 is 14.6 Å². The number of rotatable bonds is 3. The van der Waals surface area contributed by atoms with Crippen LogP contribution >= 0.6 is 11.3 Å². The van der Waals surface area contributed by atoms with E-state index in [1.165, 1.54) is 38.4 Å². The van der Waals surface area contributed by atoms with E-state index in [0.717, 1.165) is 6.07 Å². The molecule has 30 heavy (non-hydrogen) atoms. The number of aromatic nitrogens is 1. The number of halogens is 4. The van der Waals surface area contributed by atoms with E-state index in [-0.39, 0.29) is 42.1 Å². The van der Waals surface area contributed by atoms with Crippen LogP contribution in [-0.2, 0) is 17.5 Å². The van der Waals surface area contributed by atoms with Crippen molar-refractivity contribution >= 4 is 27.3 Å². The highest BCUT2D eigenvalue weighted by Gasteiger charge is 2.39. The van der Waals surface area contributed by atoms with Crippen molar-refractivity contribution in [3.05, 3.63) is 57.6 Å². The SMILES string of the molecule is CC1(O)CN(C(=O)Cn2ccc3scc(-c4ccc(F)c(C(F)(F)F)c4)c3c2=O)C1. The molecule has 1 saturated heterocycles. The van der Waals surface area contributed by atoms with Crippen LogP contribution in [-0.4, -0.2) is 39.2 Å². The van der Waals surface area contributed by atoms with Crippen LogP contribution in [0.15, 0.2) is 40.6 Å². The van der Waals surface area contributed by atoms with Gasteiger partial charge in [-0.2, -0.15) is 13.2 Å². The highest BCUT2D eigenvalue weighted by atomic mass is 32.1. The van der Waals surface area contributed by atoms with Crippen molar-refractivity contribution < 1.29 is 27.5 Å². The first-order valence-electron chi connectivity index (χ1n) is 8.94. The second-order valence-electron chi connectivity index (χ2n) is 7.58. The van der Waals surface area contributed by atoms with Crippen molar-refractivity contribution in [1.29, 1.82) is 0 Å². The zero-order valence-corrected chi connectivity index (χ0v) is 16.5. The Kier molecular flexibility index (Phi) is 4.74. The van der Waals surface area contributed by atoms with E-state index in [2.05, 4.69) is 0 Å². The quantitative estimate of drug-likeness (QED) is 0.635. The predicted molar refractivity (Wildman–Crippen MR) is 104 cm³/mol. The van der Waals surface area contributed by atoms with Crippen LogP contribution in [0, 0.1) is 5.82 Å². The maximum Gasteiger partial charge on any atom is 0.419 e. The highest BCUT2D eigenvalue weighted by Crippen LogP contribution is 2.37. The summed E-state index contributed by atoms with van der Waals surface area (Å²) in [6, 6.07) is 4.21. The lowest BCUT2D eigenvalue weighted by Crippen LogP contribution is -2.62. The Balaban J connectivity index is 1.73. The maximum absolute atomic E-state index is 13.6. The van der Waals surface area contributed by atoms with Gasteiger partial charge in [0.25, 0.3) is 5.56 Å². The lowest BCUT2D eigenvalue weighted by molar-refractivity contribution is -0.152. The van der Waals surface area contributed by atoms with Gasteiger partial charge in [-0.05, 0) is 30.7 Å². The molecule has 2 aromatic heterocycles. The molecule has 5 nitrogen and oxygen atoms in total. The summed E-state index contributed by atoms with van der Waals surface area (Å²) < 4.78 is 54.6. The number of pyridine rings is 1. The fraction of sp³-hybridized carbons (Fsp3) is 0.300. The third-order valence-corrected chi connectivity index (χ3v) is 5.95. The predicted octanol–water partition coefficient (Wildman–Crippen LogP) is 3.48. The van der Waals surface area contributed by atoms with E-state index in [0.29, 0.717) is 10.8 Å². The number of benzene rings is 1. The topological polar surface area (TPSA) is 62.5 Å². The fourth-order valence-corrected chi connectivity index (χ4v) is 4.48. The third-order valence-electron chi connectivity index (χ3n) is 5.00. The van der Waals surface area contributed by atoms with Crippen molar-refractivity contribution in [3.63, 3.8) is 0 Å². The number of aliphatic hydroxyl groups is 1. The third kappa shape index (κ3) is 3.61. The Morgan fingerprint density at radius 1 is 1.27 bits per heavy atom. The van der Waals surface area contributed by atoms with Crippen molar-refractivity contribution in [3.8, 4) is 11.1 Å². The molecule has 1 fully saturated rings. The summed E-state index contributed by atoms with van der Waals surface area (Å²) in [7, 11) is 0. The number of fused-ring (bicyclic) bond motifs is 1. The monoisotopic (exact) mass is 440 g/mol. The van der Waals surface area contributed by atoms with E-state index in [1.54, 1.807) is 13.0 Å². The molecule has 1 aliphatic rings. The summed E-state index contributed by atoms with van der Waals surface area (Å²) in [5.74, 6) is -1.74. The second kappa shape index (κ2) is 6.92. The van der Waals surface area contributed by atoms with Gasteiger partial charge in [0.2, 0.25) is 5.91 Å². The smallest absolute Gasteiger partial charge is 0.386 e. The van der Waals surface area contributed by atoms with Gasteiger partial charge in [-0.3, -0.25) is 9.59 Å². The lowest BCUT2D eigenvalue weighted by atomic mass is 9.97. The number of carbonyl (C=O) groups excluding carboxylic acids is 1. The Morgan fingerprint density at radius 3 is 2.60 bits per heavy atom. The zero-order chi connectivity index (χ0) is 21.8. The summed E-state index contributed by atoms with van der Waals surface area (Å²) in [6.07, 6.45) is -3.41. The normalized spacial score (nSPS) is 16.0. The lowest BCUT2D eigenvalue weighted by Gasteiger charge is -2.44. The number of amides is 1. The minimum atomic E-state index is -4.86. The zero-order valence-electron chi connectivity index (χ0n) is 15.7. The second-order valence-corrected chi connectivity index (χ2v) is 8.49. The fourth-order valence-electron chi connectivity index (χ4n) is 3.53. The molecule has 4 rings (SSSR count). The molecule has 0 aliphatic carbocycles. The molecule has 0 radical (unpaired) electrons. The minimum Gasteiger partial charge on any atom is -0.386 e. The summed E-state index contributed by atoms with van der Waals surface area (Å²) >= 11 is 1.17. The molecule has 1 N–H and O–H groups in total. The van der Waals surface area contributed by atoms with Gasteiger partial charge in [0.05, 0.1) is 29.6 Å². The molecule has 158 valence electrons. The highest BCUT2D eigenvalue weighted by molar-refractivity contribution is 7.17. The number of likely N-dealkylation sites (tertiary alicyclic amines) is 1. The Bertz CT molecular complexity index is 1200. The van der Waals surface area contributed by atoms with Crippen LogP contribution in [0.3, 0.4) is 0 Å². The van der Waals surface area contributed by atoms with E-state index in [9.17, 15) is 32.3 Å². The van der Waals surface area contributed by atoms with Gasteiger partial charge in [-0.1, -0.05) is 6.07 Å². The number of carbonyl (C=O) groups is 1. The molecule has 1 aliphatic heterocycles. The van der Waals surface area contributed by atoms with Crippen molar-refractivity contribution in [2.75, 3.05) is 13.1 Å².